The number of hydrogen-bond donors (Lipinski definition) is 0. The van der Waals surface area contributed by atoms with E-state index in [1.165, 1.54) is 16.3 Å². The molecule has 0 atom stereocenters. The lowest BCUT2D eigenvalue weighted by Crippen LogP contribution is -2.04. The van der Waals surface area contributed by atoms with E-state index in [0.29, 0.717) is 17.5 Å². The van der Waals surface area contributed by atoms with Crippen LogP contribution in [-0.2, 0) is 0 Å². The summed E-state index contributed by atoms with van der Waals surface area (Å²) >= 11 is 0. The predicted molar refractivity (Wildman–Crippen MR) is 249 cm³/mol. The average molecular weight is 780 g/mol. The van der Waals surface area contributed by atoms with Gasteiger partial charge >= 0.3 is 0 Å². The van der Waals surface area contributed by atoms with Crippen molar-refractivity contribution in [2.45, 2.75) is 0 Å². The van der Waals surface area contributed by atoms with E-state index >= 15 is 0 Å². The highest BCUT2D eigenvalue weighted by atomic mass is 15.1. The van der Waals surface area contributed by atoms with Crippen LogP contribution in [0, 0.1) is 0 Å². The van der Waals surface area contributed by atoms with Crippen molar-refractivity contribution >= 4 is 71.1 Å². The SMILES string of the molecule is c1ccc(-c2nc(-c3cccc4ccccc34)nc(-c3c4c5ccccc5n(-c5ccc6c(c5)c5ccccc5n6-c5ccccc5)c4cc4nc5ccccc5n34)n2)cc1. The van der Waals surface area contributed by atoms with E-state index in [9.17, 15) is 0 Å². The van der Waals surface area contributed by atoms with Crippen molar-refractivity contribution in [3.63, 3.8) is 0 Å². The van der Waals surface area contributed by atoms with Gasteiger partial charge in [0.2, 0.25) is 0 Å². The van der Waals surface area contributed by atoms with Crippen molar-refractivity contribution in [2.24, 2.45) is 0 Å². The zero-order valence-corrected chi connectivity index (χ0v) is 32.7. The van der Waals surface area contributed by atoms with Gasteiger partial charge in [-0.2, -0.15) is 0 Å². The molecule has 0 fully saturated rings. The second kappa shape index (κ2) is 13.0. The Kier molecular flexibility index (Phi) is 7.17. The molecule has 0 amide bonds. The summed E-state index contributed by atoms with van der Waals surface area (Å²) in [6, 6.07) is 70.2. The summed E-state index contributed by atoms with van der Waals surface area (Å²) in [5, 5.41) is 6.71. The van der Waals surface area contributed by atoms with E-state index in [4.69, 9.17) is 19.9 Å². The summed E-state index contributed by atoms with van der Waals surface area (Å²) in [5.41, 5.74) is 12.0. The second-order valence-electron chi connectivity index (χ2n) is 15.5. The smallest absolute Gasteiger partial charge is 0.181 e. The van der Waals surface area contributed by atoms with Crippen LogP contribution >= 0.6 is 0 Å². The fourth-order valence-corrected chi connectivity index (χ4v) is 9.44. The molecule has 0 saturated heterocycles. The highest BCUT2D eigenvalue weighted by Crippen LogP contribution is 2.42. The molecule has 0 radical (unpaired) electrons. The number of fused-ring (bicyclic) bond motifs is 10. The summed E-state index contributed by atoms with van der Waals surface area (Å²) in [6.45, 7) is 0. The van der Waals surface area contributed by atoms with Gasteiger partial charge in [0.25, 0.3) is 0 Å². The van der Waals surface area contributed by atoms with Crippen LogP contribution in [0.3, 0.4) is 0 Å². The van der Waals surface area contributed by atoms with Crippen molar-refractivity contribution in [2.75, 3.05) is 0 Å². The average Bonchev–Trinajstić information content (AvgIpc) is 3.98. The van der Waals surface area contributed by atoms with Crippen LogP contribution in [0.1, 0.15) is 0 Å². The Hall–Kier alpha value is -8.42. The van der Waals surface area contributed by atoms with E-state index in [2.05, 4.69) is 189 Å². The first-order valence-electron chi connectivity index (χ1n) is 20.5. The van der Waals surface area contributed by atoms with Crippen molar-refractivity contribution in [3.8, 4) is 45.7 Å². The molecule has 0 aliphatic carbocycles. The first-order chi connectivity index (χ1) is 30.3. The molecule has 5 aromatic heterocycles. The van der Waals surface area contributed by atoms with Crippen LogP contribution in [0.15, 0.2) is 200 Å². The maximum Gasteiger partial charge on any atom is 0.181 e. The maximum absolute atomic E-state index is 5.45. The van der Waals surface area contributed by atoms with E-state index in [0.717, 1.165) is 83.0 Å². The number of para-hydroxylation sites is 5. The third-order valence-electron chi connectivity index (χ3n) is 12.1. The fraction of sp³-hybridized carbons (Fsp3) is 0. The molecular formula is C54H33N7. The van der Waals surface area contributed by atoms with Gasteiger partial charge < -0.3 is 9.13 Å². The minimum Gasteiger partial charge on any atom is -0.309 e. The zero-order chi connectivity index (χ0) is 40.0. The molecule has 0 aliphatic rings. The van der Waals surface area contributed by atoms with Crippen LogP contribution in [0.4, 0.5) is 0 Å². The van der Waals surface area contributed by atoms with Crippen molar-refractivity contribution in [3.05, 3.63) is 200 Å². The van der Waals surface area contributed by atoms with Crippen molar-refractivity contribution in [1.82, 2.24) is 33.5 Å². The van der Waals surface area contributed by atoms with Crippen LogP contribution in [0.2, 0.25) is 0 Å². The molecule has 0 unspecified atom stereocenters. The minimum atomic E-state index is 0.569. The monoisotopic (exact) mass is 779 g/mol. The molecule has 13 aromatic rings. The maximum atomic E-state index is 5.45. The molecule has 0 bridgehead atoms. The Bertz CT molecular complexity index is 3870. The molecule has 61 heavy (non-hydrogen) atoms. The highest BCUT2D eigenvalue weighted by molar-refractivity contribution is 6.17. The van der Waals surface area contributed by atoms with Crippen molar-refractivity contribution < 1.29 is 0 Å². The second-order valence-corrected chi connectivity index (χ2v) is 15.5. The number of rotatable bonds is 5. The van der Waals surface area contributed by atoms with E-state index in [1.807, 2.05) is 24.3 Å². The molecule has 7 nitrogen and oxygen atoms in total. The normalized spacial score (nSPS) is 11.9. The van der Waals surface area contributed by atoms with Crippen LogP contribution in [0.5, 0.6) is 0 Å². The summed E-state index contributed by atoms with van der Waals surface area (Å²) in [6.07, 6.45) is 0. The zero-order valence-electron chi connectivity index (χ0n) is 32.7. The third-order valence-corrected chi connectivity index (χ3v) is 12.1. The molecule has 5 heterocycles. The number of pyridine rings is 1. The standard InChI is InChI=1S/C54H33N7/c1-3-17-35(18-4-1)52-56-53(40-25-15-19-34-16-7-8-22-38(34)40)58-54(57-52)51-50-41-24-10-13-28-45(41)60(48(50)33-49-55-43-26-11-14-29-47(43)61(49)51)37-30-31-46-42(32-37)39-23-9-12-27-44(39)59(46)36-20-5-2-6-21-36/h1-33H. The third kappa shape index (κ3) is 5.04. The van der Waals surface area contributed by atoms with Gasteiger partial charge in [-0.3, -0.25) is 4.40 Å². The molecular weight excluding hydrogens is 747 g/mol. The molecule has 0 N–H and O–H groups in total. The number of hydrogen-bond acceptors (Lipinski definition) is 4. The number of nitrogens with zero attached hydrogens (tertiary/aromatic N) is 7. The van der Waals surface area contributed by atoms with Crippen molar-refractivity contribution in [1.29, 1.82) is 0 Å². The van der Waals surface area contributed by atoms with Gasteiger partial charge in [0.15, 0.2) is 17.5 Å². The van der Waals surface area contributed by atoms with Crippen LogP contribution in [0.25, 0.3) is 117 Å². The Morgan fingerprint density at radius 2 is 0.951 bits per heavy atom. The molecule has 0 spiro atoms. The lowest BCUT2D eigenvalue weighted by Gasteiger charge is -2.14. The predicted octanol–water partition coefficient (Wildman–Crippen LogP) is 13.0. The first kappa shape index (κ1) is 33.5. The summed E-state index contributed by atoms with van der Waals surface area (Å²) in [5.74, 6) is 1.78. The lowest BCUT2D eigenvalue weighted by atomic mass is 10.0. The van der Waals surface area contributed by atoms with E-state index in [-0.39, 0.29) is 0 Å². The van der Waals surface area contributed by atoms with Crippen LogP contribution in [-0.4, -0.2) is 33.5 Å². The molecule has 13 rings (SSSR count). The summed E-state index contributed by atoms with van der Waals surface area (Å²) in [4.78, 5) is 21.3. The van der Waals surface area contributed by atoms with Gasteiger partial charge in [0.1, 0.15) is 11.3 Å². The summed E-state index contributed by atoms with van der Waals surface area (Å²) in [7, 11) is 0. The van der Waals surface area contributed by atoms with Gasteiger partial charge in [0.05, 0.1) is 33.1 Å². The van der Waals surface area contributed by atoms with E-state index in [1.54, 1.807) is 0 Å². The molecule has 8 aromatic carbocycles. The Morgan fingerprint density at radius 1 is 0.344 bits per heavy atom. The first-order valence-corrected chi connectivity index (χ1v) is 20.5. The number of imidazole rings is 1. The highest BCUT2D eigenvalue weighted by Gasteiger charge is 2.25. The largest absolute Gasteiger partial charge is 0.309 e. The number of benzene rings is 8. The van der Waals surface area contributed by atoms with Gasteiger partial charge in [-0.05, 0) is 65.4 Å². The summed E-state index contributed by atoms with van der Waals surface area (Å²) < 4.78 is 6.98. The Morgan fingerprint density at radius 3 is 1.79 bits per heavy atom. The van der Waals surface area contributed by atoms with Gasteiger partial charge in [-0.25, -0.2) is 19.9 Å². The molecule has 0 aliphatic heterocycles. The van der Waals surface area contributed by atoms with E-state index < -0.39 is 0 Å². The molecule has 7 heteroatoms. The Labute approximate surface area is 349 Å². The van der Waals surface area contributed by atoms with Gasteiger partial charge in [-0.15, -0.1) is 0 Å². The molecule has 284 valence electrons. The topological polar surface area (TPSA) is 65.8 Å². The molecule has 0 saturated carbocycles. The lowest BCUT2D eigenvalue weighted by molar-refractivity contribution is 1.06. The minimum absolute atomic E-state index is 0.569. The van der Waals surface area contributed by atoms with Crippen LogP contribution < -0.4 is 0 Å². The quantitative estimate of drug-likeness (QED) is 0.174. The van der Waals surface area contributed by atoms with Gasteiger partial charge in [0, 0.05) is 50.1 Å². The Balaban J connectivity index is 1.16. The number of aromatic nitrogens is 7. The fourth-order valence-electron chi connectivity index (χ4n) is 9.44. The van der Waals surface area contributed by atoms with Gasteiger partial charge in [-0.1, -0.05) is 140 Å².